The number of hydrogen-bond donors (Lipinski definition) is 0. The van der Waals surface area contributed by atoms with Crippen molar-refractivity contribution in [3.63, 3.8) is 0 Å². The number of nitrogens with zero attached hydrogens (tertiary/aromatic N) is 2. The van der Waals surface area contributed by atoms with Crippen LogP contribution in [0.1, 0.15) is 42.0 Å². The van der Waals surface area contributed by atoms with Crippen LogP contribution in [-0.4, -0.2) is 29.6 Å². The van der Waals surface area contributed by atoms with Crippen molar-refractivity contribution in [3.05, 3.63) is 70.8 Å². The van der Waals surface area contributed by atoms with Gasteiger partial charge in [-0.2, -0.15) is 0 Å². The van der Waals surface area contributed by atoms with Crippen LogP contribution < -0.4 is 4.74 Å². The smallest absolute Gasteiger partial charge is 0.213 e. The van der Waals surface area contributed by atoms with Crippen LogP contribution in [0.5, 0.6) is 5.88 Å². The van der Waals surface area contributed by atoms with Crippen LogP contribution in [0.3, 0.4) is 0 Å². The molecule has 1 aromatic heterocycles. The van der Waals surface area contributed by atoms with Crippen molar-refractivity contribution < 1.29 is 4.74 Å². The molecule has 3 aromatic rings. The van der Waals surface area contributed by atoms with Crippen LogP contribution in [0, 0.1) is 6.92 Å². The Labute approximate surface area is 168 Å². The quantitative estimate of drug-likeness (QED) is 0.523. The van der Waals surface area contributed by atoms with Crippen molar-refractivity contribution in [2.75, 3.05) is 19.7 Å². The molecule has 0 unspecified atom stereocenters. The van der Waals surface area contributed by atoms with Crippen LogP contribution >= 0.6 is 0 Å². The highest BCUT2D eigenvalue weighted by atomic mass is 16.5. The van der Waals surface area contributed by atoms with E-state index in [1.807, 2.05) is 6.07 Å². The van der Waals surface area contributed by atoms with Crippen molar-refractivity contribution in [1.82, 2.24) is 9.88 Å². The minimum Gasteiger partial charge on any atom is -0.478 e. The molecule has 0 radical (unpaired) electrons. The SMILES string of the molecule is CCc1cccc2ccc(OCCCCN3CCc4c(C)cccc4C3)nc12. The second-order valence-corrected chi connectivity index (χ2v) is 7.79. The maximum atomic E-state index is 5.95. The van der Waals surface area contributed by atoms with Gasteiger partial charge in [-0.15, -0.1) is 0 Å². The van der Waals surface area contributed by atoms with E-state index in [0.29, 0.717) is 0 Å². The Kier molecular flexibility index (Phi) is 5.92. The molecular weight excluding hydrogens is 344 g/mol. The summed E-state index contributed by atoms with van der Waals surface area (Å²) >= 11 is 0. The molecule has 0 N–H and O–H groups in total. The lowest BCUT2D eigenvalue weighted by Crippen LogP contribution is -2.31. The second-order valence-electron chi connectivity index (χ2n) is 7.79. The van der Waals surface area contributed by atoms with E-state index in [0.717, 1.165) is 50.4 Å². The predicted molar refractivity (Wildman–Crippen MR) is 116 cm³/mol. The van der Waals surface area contributed by atoms with E-state index in [4.69, 9.17) is 9.72 Å². The molecule has 0 atom stereocenters. The highest BCUT2D eigenvalue weighted by Gasteiger charge is 2.16. The number of aryl methyl sites for hydroxylation is 2. The maximum absolute atomic E-state index is 5.95. The maximum Gasteiger partial charge on any atom is 0.213 e. The summed E-state index contributed by atoms with van der Waals surface area (Å²) in [6, 6.07) is 17.2. The van der Waals surface area contributed by atoms with Crippen molar-refractivity contribution in [2.24, 2.45) is 0 Å². The summed E-state index contributed by atoms with van der Waals surface area (Å²) in [5.74, 6) is 0.746. The van der Waals surface area contributed by atoms with Crippen LogP contribution in [0.2, 0.25) is 0 Å². The number of ether oxygens (including phenoxy) is 1. The molecule has 28 heavy (non-hydrogen) atoms. The number of benzene rings is 2. The predicted octanol–water partition coefficient (Wildman–Crippen LogP) is 5.32. The number of fused-ring (bicyclic) bond motifs is 2. The van der Waals surface area contributed by atoms with Gasteiger partial charge in [-0.05, 0) is 67.5 Å². The summed E-state index contributed by atoms with van der Waals surface area (Å²) in [7, 11) is 0. The average Bonchev–Trinajstić information content (AvgIpc) is 2.73. The molecule has 3 nitrogen and oxygen atoms in total. The molecule has 0 aliphatic carbocycles. The number of aromatic nitrogens is 1. The molecule has 4 rings (SSSR count). The van der Waals surface area contributed by atoms with Gasteiger partial charge in [-0.25, -0.2) is 4.98 Å². The average molecular weight is 375 g/mol. The van der Waals surface area contributed by atoms with Gasteiger partial charge in [-0.1, -0.05) is 43.3 Å². The Hall–Kier alpha value is -2.39. The van der Waals surface area contributed by atoms with Crippen molar-refractivity contribution in [3.8, 4) is 5.88 Å². The third-order valence-corrected chi connectivity index (χ3v) is 5.86. The Morgan fingerprint density at radius 3 is 2.82 bits per heavy atom. The largest absolute Gasteiger partial charge is 0.478 e. The van der Waals surface area contributed by atoms with Crippen LogP contribution in [0.25, 0.3) is 10.9 Å². The summed E-state index contributed by atoms with van der Waals surface area (Å²) in [6.07, 6.45) is 4.40. The van der Waals surface area contributed by atoms with Gasteiger partial charge in [-0.3, -0.25) is 4.90 Å². The first-order valence-electron chi connectivity index (χ1n) is 10.6. The molecule has 1 aliphatic rings. The fourth-order valence-electron chi connectivity index (χ4n) is 4.22. The fraction of sp³-hybridized carbons (Fsp3) is 0.400. The Morgan fingerprint density at radius 1 is 1.04 bits per heavy atom. The van der Waals surface area contributed by atoms with Crippen molar-refractivity contribution in [1.29, 1.82) is 0 Å². The van der Waals surface area contributed by atoms with E-state index in [1.54, 1.807) is 5.56 Å². The Bertz CT molecular complexity index is 950. The lowest BCUT2D eigenvalue weighted by atomic mass is 9.95. The zero-order valence-electron chi connectivity index (χ0n) is 17.1. The number of para-hydroxylation sites is 1. The van der Waals surface area contributed by atoms with Gasteiger partial charge in [0.15, 0.2) is 0 Å². The number of hydrogen-bond acceptors (Lipinski definition) is 3. The molecule has 0 amide bonds. The first kappa shape index (κ1) is 18.9. The topological polar surface area (TPSA) is 25.4 Å². The second kappa shape index (κ2) is 8.74. The molecule has 2 aromatic carbocycles. The molecule has 0 fully saturated rings. The Morgan fingerprint density at radius 2 is 1.93 bits per heavy atom. The lowest BCUT2D eigenvalue weighted by Gasteiger charge is -2.29. The van der Waals surface area contributed by atoms with Crippen LogP contribution in [-0.2, 0) is 19.4 Å². The van der Waals surface area contributed by atoms with Crippen LogP contribution in [0.15, 0.2) is 48.5 Å². The summed E-state index contributed by atoms with van der Waals surface area (Å²) in [5.41, 5.74) is 6.87. The molecule has 146 valence electrons. The Balaban J connectivity index is 1.25. The minimum atomic E-state index is 0.732. The van der Waals surface area contributed by atoms with Crippen molar-refractivity contribution in [2.45, 2.75) is 46.1 Å². The molecule has 2 heterocycles. The van der Waals surface area contributed by atoms with Crippen LogP contribution in [0.4, 0.5) is 0 Å². The van der Waals surface area contributed by atoms with Gasteiger partial charge < -0.3 is 4.74 Å². The number of rotatable bonds is 7. The highest BCUT2D eigenvalue weighted by Crippen LogP contribution is 2.23. The molecule has 0 spiro atoms. The summed E-state index contributed by atoms with van der Waals surface area (Å²) < 4.78 is 5.95. The minimum absolute atomic E-state index is 0.732. The molecule has 0 saturated heterocycles. The van der Waals surface area contributed by atoms with Crippen molar-refractivity contribution >= 4 is 10.9 Å². The third kappa shape index (κ3) is 4.20. The summed E-state index contributed by atoms with van der Waals surface area (Å²) in [5, 5.41) is 1.19. The van der Waals surface area contributed by atoms with E-state index in [1.165, 1.54) is 35.0 Å². The van der Waals surface area contributed by atoms with E-state index < -0.39 is 0 Å². The lowest BCUT2D eigenvalue weighted by molar-refractivity contribution is 0.233. The van der Waals surface area contributed by atoms with Gasteiger partial charge in [0.05, 0.1) is 12.1 Å². The van der Waals surface area contributed by atoms with E-state index >= 15 is 0 Å². The highest BCUT2D eigenvalue weighted by molar-refractivity contribution is 5.82. The fourth-order valence-corrected chi connectivity index (χ4v) is 4.22. The summed E-state index contributed by atoms with van der Waals surface area (Å²) in [4.78, 5) is 7.31. The summed E-state index contributed by atoms with van der Waals surface area (Å²) in [6.45, 7) is 8.53. The third-order valence-electron chi connectivity index (χ3n) is 5.86. The molecule has 0 bridgehead atoms. The molecular formula is C25H30N2O. The monoisotopic (exact) mass is 374 g/mol. The van der Waals surface area contributed by atoms with Gasteiger partial charge in [0.1, 0.15) is 0 Å². The normalized spacial score (nSPS) is 14.2. The zero-order valence-corrected chi connectivity index (χ0v) is 17.1. The van der Waals surface area contributed by atoms with Gasteiger partial charge >= 0.3 is 0 Å². The zero-order chi connectivity index (χ0) is 19.3. The van der Waals surface area contributed by atoms with E-state index in [9.17, 15) is 0 Å². The molecule has 0 saturated carbocycles. The van der Waals surface area contributed by atoms with E-state index in [-0.39, 0.29) is 0 Å². The first-order chi connectivity index (χ1) is 13.7. The van der Waals surface area contributed by atoms with Gasteiger partial charge in [0, 0.05) is 24.5 Å². The van der Waals surface area contributed by atoms with E-state index in [2.05, 4.69) is 61.2 Å². The van der Waals surface area contributed by atoms with Gasteiger partial charge in [0.25, 0.3) is 0 Å². The first-order valence-corrected chi connectivity index (χ1v) is 10.6. The number of unbranched alkanes of at least 4 members (excludes halogenated alkanes) is 1. The number of pyridine rings is 1. The molecule has 1 aliphatic heterocycles. The standard InChI is InChI=1S/C25H30N2O/c1-3-20-9-7-10-21-12-13-24(26-25(20)21)28-17-5-4-15-27-16-14-23-19(2)8-6-11-22(23)18-27/h6-13H,3-5,14-18H2,1-2H3. The van der Waals surface area contributed by atoms with Gasteiger partial charge in [0.2, 0.25) is 5.88 Å². The molecule has 3 heteroatoms.